The minimum atomic E-state index is -0.880. The van der Waals surface area contributed by atoms with Gasteiger partial charge in [0.25, 0.3) is 0 Å². The maximum absolute atomic E-state index is 14.2. The van der Waals surface area contributed by atoms with Gasteiger partial charge < -0.3 is 9.47 Å². The van der Waals surface area contributed by atoms with E-state index < -0.39 is 15.2 Å². The Morgan fingerprint density at radius 3 is 1.06 bits per heavy atom. The first kappa shape index (κ1) is 42.3. The molecule has 5 aliphatic carbocycles. The maximum Gasteiger partial charge on any atom is 0.151 e. The summed E-state index contributed by atoms with van der Waals surface area (Å²) in [5.41, 5.74) is -0.972. The third kappa shape index (κ3) is 10.7. The van der Waals surface area contributed by atoms with Gasteiger partial charge in [-0.15, -0.1) is 0 Å². The average Bonchev–Trinajstić information content (AvgIpc) is 3.17. The molecule has 0 aromatic rings. The standard InChI is InChI=1S/C46H80Cl2O3/c1-3-5-7-9-11-13-15-17-35-50-41-23-19-37(20-24-41)39-27-31-44(32-28-39)43(49)45(46(44,47)48)33-29-40(30-34-45)38-21-25-42(26-22-38)51-36-18-16-14-12-10-8-6-4-2/h37-42H,3-36H2,1-2H3/t37-,38-,39?,40?,41-,42-,44?,45?. The molecule has 2 spiro atoms. The van der Waals surface area contributed by atoms with Crippen LogP contribution in [0.4, 0.5) is 0 Å². The van der Waals surface area contributed by atoms with E-state index in [1.165, 1.54) is 154 Å². The van der Waals surface area contributed by atoms with Crippen molar-refractivity contribution in [2.75, 3.05) is 13.2 Å². The summed E-state index contributed by atoms with van der Waals surface area (Å²) in [5.74, 6) is 3.49. The number of hydrogen-bond donors (Lipinski definition) is 0. The summed E-state index contributed by atoms with van der Waals surface area (Å²) in [4.78, 5) is 14.2. The quantitative estimate of drug-likeness (QED) is 0.0816. The molecule has 5 fully saturated rings. The zero-order chi connectivity index (χ0) is 36.0. The normalized spacial score (nSPS) is 35.3. The van der Waals surface area contributed by atoms with Crippen molar-refractivity contribution < 1.29 is 14.3 Å². The fourth-order valence-corrected chi connectivity index (χ4v) is 13.0. The van der Waals surface area contributed by atoms with E-state index in [2.05, 4.69) is 13.8 Å². The highest BCUT2D eigenvalue weighted by atomic mass is 35.5. The van der Waals surface area contributed by atoms with Gasteiger partial charge in [0.05, 0.1) is 23.0 Å². The lowest BCUT2D eigenvalue weighted by molar-refractivity contribution is -0.173. The number of Topliss-reactive ketones (excluding diaryl/α,β-unsaturated/α-hetero) is 1. The Labute approximate surface area is 325 Å². The topological polar surface area (TPSA) is 35.5 Å². The zero-order valence-electron chi connectivity index (χ0n) is 33.5. The highest BCUT2D eigenvalue weighted by Crippen LogP contribution is 2.75. The van der Waals surface area contributed by atoms with Crippen molar-refractivity contribution >= 4 is 29.0 Å². The van der Waals surface area contributed by atoms with E-state index in [0.717, 1.165) is 88.3 Å². The predicted molar refractivity (Wildman–Crippen MR) is 217 cm³/mol. The molecule has 0 aliphatic heterocycles. The van der Waals surface area contributed by atoms with Crippen LogP contribution in [-0.2, 0) is 14.3 Å². The predicted octanol–water partition coefficient (Wildman–Crippen LogP) is 14.5. The number of halogens is 2. The van der Waals surface area contributed by atoms with E-state index in [4.69, 9.17) is 32.7 Å². The summed E-state index contributed by atoms with van der Waals surface area (Å²) < 4.78 is 11.8. The smallest absolute Gasteiger partial charge is 0.151 e. The number of alkyl halides is 2. The number of unbranched alkanes of at least 4 members (excludes halogenated alkanes) is 14. The third-order valence-corrected chi connectivity index (χ3v) is 16.8. The first-order chi connectivity index (χ1) is 24.9. The summed E-state index contributed by atoms with van der Waals surface area (Å²) in [6, 6.07) is 0. The molecule has 296 valence electrons. The van der Waals surface area contributed by atoms with E-state index >= 15 is 0 Å². The zero-order valence-corrected chi connectivity index (χ0v) is 35.0. The molecule has 0 atom stereocenters. The molecular weight excluding hydrogens is 671 g/mol. The summed E-state index contributed by atoms with van der Waals surface area (Å²) in [5, 5.41) is 0. The van der Waals surface area contributed by atoms with Crippen molar-refractivity contribution in [2.45, 2.75) is 236 Å². The number of rotatable bonds is 22. The van der Waals surface area contributed by atoms with E-state index in [0.29, 0.717) is 18.0 Å². The molecule has 0 heterocycles. The lowest BCUT2D eigenvalue weighted by Crippen LogP contribution is -2.74. The monoisotopic (exact) mass is 751 g/mol. The molecule has 0 aromatic heterocycles. The van der Waals surface area contributed by atoms with Crippen molar-refractivity contribution in [1.82, 2.24) is 0 Å². The molecule has 5 heteroatoms. The molecule has 0 bridgehead atoms. The summed E-state index contributed by atoms with van der Waals surface area (Å²) in [6.45, 7) is 6.47. The van der Waals surface area contributed by atoms with Gasteiger partial charge in [0.1, 0.15) is 4.33 Å². The molecule has 5 rings (SSSR count). The van der Waals surface area contributed by atoms with Crippen LogP contribution in [0, 0.1) is 34.5 Å². The lowest BCUT2D eigenvalue weighted by atomic mass is 9.41. The Kier molecular flexibility index (Phi) is 17.8. The number of carbonyl (C=O) groups is 1. The van der Waals surface area contributed by atoms with Crippen LogP contribution in [-0.4, -0.2) is 35.5 Å². The van der Waals surface area contributed by atoms with Gasteiger partial charge in [-0.25, -0.2) is 0 Å². The Morgan fingerprint density at radius 1 is 0.451 bits per heavy atom. The summed E-state index contributed by atoms with van der Waals surface area (Å²) >= 11 is 14.8. The highest BCUT2D eigenvalue weighted by molar-refractivity contribution is 6.55. The van der Waals surface area contributed by atoms with Crippen molar-refractivity contribution in [3.05, 3.63) is 0 Å². The Balaban J connectivity index is 0.937. The Hall–Kier alpha value is 0.170. The second-order valence-electron chi connectivity index (χ2n) is 18.5. The van der Waals surface area contributed by atoms with E-state index in [1.54, 1.807) is 0 Å². The number of hydrogen-bond acceptors (Lipinski definition) is 3. The van der Waals surface area contributed by atoms with Crippen molar-refractivity contribution in [1.29, 1.82) is 0 Å². The summed E-state index contributed by atoms with van der Waals surface area (Å²) in [6.07, 6.45) is 40.8. The van der Waals surface area contributed by atoms with Gasteiger partial charge in [-0.05, 0) is 139 Å². The molecule has 0 unspecified atom stereocenters. The van der Waals surface area contributed by atoms with Crippen LogP contribution in [0.3, 0.4) is 0 Å². The van der Waals surface area contributed by atoms with Crippen molar-refractivity contribution in [3.63, 3.8) is 0 Å². The minimum Gasteiger partial charge on any atom is -0.378 e. The Morgan fingerprint density at radius 2 is 0.745 bits per heavy atom. The number of carbonyl (C=O) groups excluding carboxylic acids is 1. The first-order valence-corrected chi connectivity index (χ1v) is 23.8. The van der Waals surface area contributed by atoms with Crippen LogP contribution in [0.15, 0.2) is 0 Å². The first-order valence-electron chi connectivity index (χ1n) is 23.0. The molecule has 5 aliphatic rings. The maximum atomic E-state index is 14.2. The molecule has 3 nitrogen and oxygen atoms in total. The van der Waals surface area contributed by atoms with Crippen LogP contribution in [0.2, 0.25) is 0 Å². The molecule has 0 radical (unpaired) electrons. The van der Waals surface area contributed by atoms with Gasteiger partial charge in [0.2, 0.25) is 0 Å². The van der Waals surface area contributed by atoms with Crippen LogP contribution < -0.4 is 0 Å². The molecule has 0 aromatic carbocycles. The van der Waals surface area contributed by atoms with Crippen molar-refractivity contribution in [2.24, 2.45) is 34.5 Å². The largest absolute Gasteiger partial charge is 0.378 e. The highest BCUT2D eigenvalue weighted by Gasteiger charge is 2.79. The van der Waals surface area contributed by atoms with Gasteiger partial charge in [-0.1, -0.05) is 127 Å². The Bertz CT molecular complexity index is 891. The van der Waals surface area contributed by atoms with Crippen LogP contribution >= 0.6 is 23.2 Å². The molecule has 0 N–H and O–H groups in total. The van der Waals surface area contributed by atoms with E-state index in [9.17, 15) is 4.79 Å². The van der Waals surface area contributed by atoms with Gasteiger partial charge in [-0.3, -0.25) is 4.79 Å². The molecule has 51 heavy (non-hydrogen) atoms. The minimum absolute atomic E-state index is 0.452. The van der Waals surface area contributed by atoms with Gasteiger partial charge >= 0.3 is 0 Å². The average molecular weight is 752 g/mol. The van der Waals surface area contributed by atoms with Crippen molar-refractivity contribution in [3.8, 4) is 0 Å². The SMILES string of the molecule is CCCCCCCCCCO[C@H]1CC[C@H](C2CCC3(CC2)C(=O)C2(CCC([C@H]4CC[C@H](OCCCCCCCCCC)CC4)CC2)C3(Cl)Cl)CC1. The second-order valence-corrected chi connectivity index (χ2v) is 19.8. The van der Waals surface area contributed by atoms with Crippen LogP contribution in [0.1, 0.15) is 219 Å². The molecule has 0 amide bonds. The van der Waals surface area contributed by atoms with Crippen LogP contribution in [0.25, 0.3) is 0 Å². The lowest BCUT2D eigenvalue weighted by Gasteiger charge is -2.67. The van der Waals surface area contributed by atoms with E-state index in [1.807, 2.05) is 0 Å². The number of ketones is 1. The van der Waals surface area contributed by atoms with Crippen LogP contribution in [0.5, 0.6) is 0 Å². The van der Waals surface area contributed by atoms with E-state index in [-0.39, 0.29) is 0 Å². The second kappa shape index (κ2) is 21.5. The molecule has 5 saturated carbocycles. The molecular formula is C46H80Cl2O3. The molecule has 0 saturated heterocycles. The van der Waals surface area contributed by atoms with Gasteiger partial charge in [-0.2, -0.15) is 0 Å². The third-order valence-electron chi connectivity index (χ3n) is 15.3. The summed E-state index contributed by atoms with van der Waals surface area (Å²) in [7, 11) is 0. The number of ether oxygens (including phenoxy) is 2. The fraction of sp³-hybridized carbons (Fsp3) is 0.978. The van der Waals surface area contributed by atoms with Gasteiger partial charge in [0, 0.05) is 13.2 Å². The fourth-order valence-electron chi connectivity index (χ4n) is 11.9. The van der Waals surface area contributed by atoms with Gasteiger partial charge in [0.15, 0.2) is 5.78 Å².